The zero-order valence-corrected chi connectivity index (χ0v) is 16.7. The Morgan fingerprint density at radius 3 is 2.63 bits per heavy atom. The van der Waals surface area contributed by atoms with Crippen molar-refractivity contribution >= 4 is 23.4 Å². The van der Waals surface area contributed by atoms with Crippen molar-refractivity contribution in [2.24, 2.45) is 17.6 Å². The van der Waals surface area contributed by atoms with E-state index in [9.17, 15) is 22.8 Å². The maximum Gasteiger partial charge on any atom is 0.252 e. The molecule has 0 spiro atoms. The van der Waals surface area contributed by atoms with Crippen LogP contribution in [0.2, 0.25) is 5.02 Å². The van der Waals surface area contributed by atoms with Gasteiger partial charge in [-0.05, 0) is 37.0 Å². The second-order valence-corrected chi connectivity index (χ2v) is 8.15. The number of hydrogen-bond acceptors (Lipinski definition) is 3. The number of nitrogens with zero attached hydrogens (tertiary/aromatic N) is 3. The van der Waals surface area contributed by atoms with Gasteiger partial charge >= 0.3 is 0 Å². The highest BCUT2D eigenvalue weighted by Gasteiger charge is 2.40. The second-order valence-electron chi connectivity index (χ2n) is 7.74. The molecule has 2 amide bonds. The SMILES string of the molecule is NC(=O)c1c(-c2ccc(F)c(Cl)c2)nn2c1CN(C(=O)CC1CC[C@H]1C(F)F)CC2. The third-order valence-electron chi connectivity index (χ3n) is 6.01. The van der Waals surface area contributed by atoms with Gasteiger partial charge in [0, 0.05) is 24.4 Å². The molecular weight excluding hydrogens is 421 g/mol. The minimum atomic E-state index is -2.41. The molecule has 0 bridgehead atoms. The number of carbonyl (C=O) groups is 2. The Kier molecular flexibility index (Phi) is 5.48. The number of hydrogen-bond donors (Lipinski definition) is 1. The quantitative estimate of drug-likeness (QED) is 0.773. The molecule has 1 aliphatic heterocycles. The average molecular weight is 441 g/mol. The average Bonchev–Trinajstić information content (AvgIpc) is 3.05. The molecule has 30 heavy (non-hydrogen) atoms. The number of aromatic nitrogens is 2. The lowest BCUT2D eigenvalue weighted by Gasteiger charge is -2.37. The maximum absolute atomic E-state index is 13.5. The van der Waals surface area contributed by atoms with Gasteiger partial charge in [-0.3, -0.25) is 14.3 Å². The molecule has 6 nitrogen and oxygen atoms in total. The molecule has 2 N–H and O–H groups in total. The van der Waals surface area contributed by atoms with Gasteiger partial charge in [-0.15, -0.1) is 0 Å². The van der Waals surface area contributed by atoms with Gasteiger partial charge in [-0.1, -0.05) is 11.6 Å². The number of rotatable bonds is 5. The largest absolute Gasteiger partial charge is 0.365 e. The summed E-state index contributed by atoms with van der Waals surface area (Å²) >= 11 is 5.86. The van der Waals surface area contributed by atoms with Crippen LogP contribution in [0.25, 0.3) is 11.3 Å². The molecule has 2 aliphatic rings. The van der Waals surface area contributed by atoms with Gasteiger partial charge in [0.1, 0.15) is 11.5 Å². The molecule has 1 saturated carbocycles. The van der Waals surface area contributed by atoms with Crippen LogP contribution in [0.1, 0.15) is 35.3 Å². The Hall–Kier alpha value is -2.55. The van der Waals surface area contributed by atoms with Crippen LogP contribution in [0.5, 0.6) is 0 Å². The summed E-state index contributed by atoms with van der Waals surface area (Å²) in [5.41, 5.74) is 6.90. The fourth-order valence-corrected chi connectivity index (χ4v) is 4.35. The van der Waals surface area contributed by atoms with Crippen molar-refractivity contribution < 1.29 is 22.8 Å². The number of primary amides is 1. The van der Waals surface area contributed by atoms with E-state index in [0.717, 1.165) is 0 Å². The summed E-state index contributed by atoms with van der Waals surface area (Å²) in [5, 5.41) is 4.32. The predicted octanol–water partition coefficient (Wildman–Crippen LogP) is 3.47. The van der Waals surface area contributed by atoms with Crippen molar-refractivity contribution in [3.63, 3.8) is 0 Å². The molecule has 1 aromatic heterocycles. The normalized spacial score (nSPS) is 20.8. The number of halogens is 4. The smallest absolute Gasteiger partial charge is 0.252 e. The van der Waals surface area contributed by atoms with E-state index in [0.29, 0.717) is 37.2 Å². The van der Waals surface area contributed by atoms with E-state index in [1.165, 1.54) is 18.2 Å². The highest BCUT2D eigenvalue weighted by Crippen LogP contribution is 2.41. The summed E-state index contributed by atoms with van der Waals surface area (Å²) in [4.78, 5) is 26.4. The molecule has 0 saturated heterocycles. The lowest BCUT2D eigenvalue weighted by molar-refractivity contribution is -0.136. The summed E-state index contributed by atoms with van der Waals surface area (Å²) in [6.07, 6.45) is -1.28. The molecule has 160 valence electrons. The molecule has 1 aromatic carbocycles. The van der Waals surface area contributed by atoms with Gasteiger partial charge in [0.2, 0.25) is 12.3 Å². The highest BCUT2D eigenvalue weighted by atomic mass is 35.5. The van der Waals surface area contributed by atoms with Crippen LogP contribution in [0.3, 0.4) is 0 Å². The number of alkyl halides is 2. The van der Waals surface area contributed by atoms with Crippen molar-refractivity contribution in [1.82, 2.24) is 14.7 Å². The minimum absolute atomic E-state index is 0.0650. The molecular formula is C20H20ClF3N4O2. The van der Waals surface area contributed by atoms with Gasteiger partial charge in [-0.25, -0.2) is 13.2 Å². The number of carbonyl (C=O) groups excluding carboxylic acids is 2. The van der Waals surface area contributed by atoms with Gasteiger partial charge in [0.25, 0.3) is 5.91 Å². The van der Waals surface area contributed by atoms with E-state index in [-0.39, 0.29) is 41.1 Å². The van der Waals surface area contributed by atoms with Crippen LogP contribution >= 0.6 is 11.6 Å². The molecule has 1 aliphatic carbocycles. The van der Waals surface area contributed by atoms with Gasteiger partial charge in [0.15, 0.2) is 0 Å². The third-order valence-corrected chi connectivity index (χ3v) is 6.30. The van der Waals surface area contributed by atoms with Crippen LogP contribution in [-0.2, 0) is 17.9 Å². The molecule has 1 fully saturated rings. The van der Waals surface area contributed by atoms with Crippen LogP contribution in [-0.4, -0.2) is 39.5 Å². The zero-order valence-electron chi connectivity index (χ0n) is 16.0. The lowest BCUT2D eigenvalue weighted by atomic mass is 9.72. The Morgan fingerprint density at radius 2 is 2.03 bits per heavy atom. The van der Waals surface area contributed by atoms with Gasteiger partial charge in [-0.2, -0.15) is 5.10 Å². The highest BCUT2D eigenvalue weighted by molar-refractivity contribution is 6.31. The van der Waals surface area contributed by atoms with Crippen molar-refractivity contribution in [1.29, 1.82) is 0 Å². The first-order valence-corrected chi connectivity index (χ1v) is 10.0. The Morgan fingerprint density at radius 1 is 1.27 bits per heavy atom. The molecule has 10 heteroatoms. The fraction of sp³-hybridized carbons (Fsp3) is 0.450. The van der Waals surface area contributed by atoms with Crippen molar-refractivity contribution in [3.8, 4) is 11.3 Å². The van der Waals surface area contributed by atoms with Crippen molar-refractivity contribution in [2.75, 3.05) is 6.54 Å². The van der Waals surface area contributed by atoms with E-state index < -0.39 is 24.1 Å². The molecule has 2 atom stereocenters. The van der Waals surface area contributed by atoms with Crippen LogP contribution in [0, 0.1) is 17.7 Å². The van der Waals surface area contributed by atoms with Gasteiger partial charge < -0.3 is 10.6 Å². The standard InChI is InChI=1S/C20H20ClF3N4O2/c21-13-7-11(2-4-14(13)22)18-17(20(25)30)15-9-27(5-6-28(15)26-18)16(29)8-10-1-3-12(10)19(23)24/h2,4,7,10,12,19H,1,3,5-6,8-9H2,(H2,25,30)/t10?,12-/m1/s1. The molecule has 2 heterocycles. The van der Waals surface area contributed by atoms with Gasteiger partial charge in [0.05, 0.1) is 29.4 Å². The third kappa shape index (κ3) is 3.66. The van der Waals surface area contributed by atoms with E-state index in [1.807, 2.05) is 0 Å². The van der Waals surface area contributed by atoms with E-state index in [4.69, 9.17) is 17.3 Å². The topological polar surface area (TPSA) is 81.2 Å². The second kappa shape index (κ2) is 7.94. The van der Waals surface area contributed by atoms with Crippen LogP contribution < -0.4 is 5.73 Å². The predicted molar refractivity (Wildman–Crippen MR) is 103 cm³/mol. The monoisotopic (exact) mass is 440 g/mol. The molecule has 0 radical (unpaired) electrons. The summed E-state index contributed by atoms with van der Waals surface area (Å²) in [6, 6.07) is 3.99. The fourth-order valence-electron chi connectivity index (χ4n) is 4.17. The summed E-state index contributed by atoms with van der Waals surface area (Å²) in [6.45, 7) is 0.783. The number of amides is 2. The van der Waals surface area contributed by atoms with Crippen molar-refractivity contribution in [3.05, 3.63) is 40.3 Å². The van der Waals surface area contributed by atoms with E-state index >= 15 is 0 Å². The van der Waals surface area contributed by atoms with E-state index in [1.54, 1.807) is 9.58 Å². The first kappa shape index (κ1) is 20.7. The Bertz CT molecular complexity index is 1010. The number of nitrogens with two attached hydrogens (primary N) is 1. The first-order chi connectivity index (χ1) is 14.3. The molecule has 2 aromatic rings. The lowest BCUT2D eigenvalue weighted by Crippen LogP contribution is -2.42. The zero-order chi connectivity index (χ0) is 21.6. The molecule has 1 unspecified atom stereocenters. The Balaban J connectivity index is 1.58. The molecule has 4 rings (SSSR count). The van der Waals surface area contributed by atoms with Crippen LogP contribution in [0.15, 0.2) is 18.2 Å². The maximum atomic E-state index is 13.5. The minimum Gasteiger partial charge on any atom is -0.365 e. The van der Waals surface area contributed by atoms with E-state index in [2.05, 4.69) is 5.10 Å². The Labute approximate surface area is 175 Å². The summed E-state index contributed by atoms with van der Waals surface area (Å²) < 4.78 is 41.0. The van der Waals surface area contributed by atoms with Crippen LogP contribution in [0.4, 0.5) is 13.2 Å². The number of fused-ring (bicyclic) bond motifs is 1. The first-order valence-electron chi connectivity index (χ1n) is 9.67. The van der Waals surface area contributed by atoms with Crippen molar-refractivity contribution in [2.45, 2.75) is 38.8 Å². The summed E-state index contributed by atoms with van der Waals surface area (Å²) in [7, 11) is 0. The summed E-state index contributed by atoms with van der Waals surface area (Å²) in [5.74, 6) is -2.57. The number of benzene rings is 1.